The molecule has 0 aromatic carbocycles. The highest BCUT2D eigenvalue weighted by Gasteiger charge is 2.20. The van der Waals surface area contributed by atoms with Crippen LogP contribution in [0, 0.1) is 5.92 Å². The van der Waals surface area contributed by atoms with Gasteiger partial charge in [0.05, 0.1) is 19.6 Å². The van der Waals surface area contributed by atoms with E-state index in [1.807, 2.05) is 4.90 Å². The summed E-state index contributed by atoms with van der Waals surface area (Å²) in [6.07, 6.45) is 16.0. The van der Waals surface area contributed by atoms with Gasteiger partial charge < -0.3 is 17.3 Å². The molecule has 1 heterocycles. The molecular weight excluding hydrogens is 254 g/mol. The van der Waals surface area contributed by atoms with E-state index >= 15 is 0 Å². The molecule has 1 saturated heterocycles. The molecule has 0 amide bonds. The molecule has 0 aliphatic carbocycles. The predicted molar refractivity (Wildman–Crippen MR) is 81.2 cm³/mol. The van der Waals surface area contributed by atoms with Crippen LogP contribution in [0.1, 0.15) is 84.5 Å². The minimum atomic E-state index is 0. The summed E-state index contributed by atoms with van der Waals surface area (Å²) in [4.78, 5) is 1.90. The van der Waals surface area contributed by atoms with Gasteiger partial charge in [-0.2, -0.15) is 0 Å². The topological polar surface area (TPSA) is 4.44 Å². The molecule has 19 heavy (non-hydrogen) atoms. The molecule has 2 heteroatoms. The van der Waals surface area contributed by atoms with Crippen LogP contribution in [-0.4, -0.2) is 19.6 Å². The van der Waals surface area contributed by atoms with Crippen molar-refractivity contribution in [2.45, 2.75) is 84.5 Å². The fourth-order valence-corrected chi connectivity index (χ4v) is 3.36. The lowest BCUT2D eigenvalue weighted by Gasteiger charge is -2.29. The van der Waals surface area contributed by atoms with Crippen molar-refractivity contribution >= 4 is 0 Å². The second-order valence-electron chi connectivity index (χ2n) is 6.35. The highest BCUT2D eigenvalue weighted by Crippen LogP contribution is 2.15. The van der Waals surface area contributed by atoms with E-state index in [0.717, 1.165) is 5.92 Å². The third-order valence-corrected chi connectivity index (χ3v) is 4.64. The van der Waals surface area contributed by atoms with Gasteiger partial charge in [0.1, 0.15) is 0 Å². The van der Waals surface area contributed by atoms with E-state index in [1.54, 1.807) is 0 Å². The molecule has 0 unspecified atom stereocenters. The lowest BCUT2D eigenvalue weighted by molar-refractivity contribution is -0.906. The van der Waals surface area contributed by atoms with Gasteiger partial charge in [-0.25, -0.2) is 0 Å². The Labute approximate surface area is 127 Å². The van der Waals surface area contributed by atoms with Crippen LogP contribution in [0.4, 0.5) is 0 Å². The number of rotatable bonds is 10. The van der Waals surface area contributed by atoms with E-state index in [4.69, 9.17) is 0 Å². The van der Waals surface area contributed by atoms with Gasteiger partial charge in [-0.05, 0) is 31.6 Å². The fourth-order valence-electron chi connectivity index (χ4n) is 3.36. The van der Waals surface area contributed by atoms with E-state index in [9.17, 15) is 0 Å². The molecule has 0 atom stereocenters. The van der Waals surface area contributed by atoms with Crippen LogP contribution in [0.25, 0.3) is 0 Å². The molecule has 1 aliphatic heterocycles. The Hall–Kier alpha value is 0.250. The molecule has 1 N–H and O–H groups in total. The number of piperidine rings is 1. The Morgan fingerprint density at radius 1 is 0.789 bits per heavy atom. The maximum Gasteiger partial charge on any atom is 0.0773 e. The Morgan fingerprint density at radius 3 is 1.95 bits per heavy atom. The average molecular weight is 290 g/mol. The minimum Gasteiger partial charge on any atom is -1.00 e. The summed E-state index contributed by atoms with van der Waals surface area (Å²) in [7, 11) is 0. The van der Waals surface area contributed by atoms with E-state index in [2.05, 4.69) is 13.8 Å². The first-order valence-electron chi connectivity index (χ1n) is 8.70. The van der Waals surface area contributed by atoms with Gasteiger partial charge in [0.25, 0.3) is 0 Å². The first-order chi connectivity index (χ1) is 8.86. The van der Waals surface area contributed by atoms with Crippen LogP contribution in [0.2, 0.25) is 0 Å². The molecule has 0 aromatic heterocycles. The van der Waals surface area contributed by atoms with Crippen molar-refractivity contribution in [2.24, 2.45) is 5.92 Å². The lowest BCUT2D eigenvalue weighted by atomic mass is 9.92. The Bertz CT molecular complexity index is 176. The summed E-state index contributed by atoms with van der Waals surface area (Å²) in [5, 5.41) is 0. The summed E-state index contributed by atoms with van der Waals surface area (Å²) < 4.78 is 0. The first kappa shape index (κ1) is 19.2. The van der Waals surface area contributed by atoms with Crippen molar-refractivity contribution in [3.8, 4) is 0 Å². The van der Waals surface area contributed by atoms with E-state index in [1.165, 1.54) is 90.3 Å². The van der Waals surface area contributed by atoms with E-state index < -0.39 is 0 Å². The van der Waals surface area contributed by atoms with Gasteiger partial charge in [0, 0.05) is 0 Å². The van der Waals surface area contributed by atoms with Crippen molar-refractivity contribution in [1.29, 1.82) is 0 Å². The average Bonchev–Trinajstić information content (AvgIpc) is 2.40. The van der Waals surface area contributed by atoms with Gasteiger partial charge in [0.2, 0.25) is 0 Å². The van der Waals surface area contributed by atoms with Gasteiger partial charge in [0.15, 0.2) is 0 Å². The molecule has 1 rings (SSSR count). The van der Waals surface area contributed by atoms with Crippen molar-refractivity contribution < 1.29 is 17.3 Å². The number of halogens is 1. The SMILES string of the molecule is CCCCCCCCC[NH+]1CCC(CCC)CC1.[Cl-]. The summed E-state index contributed by atoms with van der Waals surface area (Å²) in [6, 6.07) is 0. The molecular formula is C17H36ClN. The van der Waals surface area contributed by atoms with Gasteiger partial charge in [-0.3, -0.25) is 0 Å². The second kappa shape index (κ2) is 13.2. The number of likely N-dealkylation sites (tertiary alicyclic amines) is 1. The second-order valence-corrected chi connectivity index (χ2v) is 6.35. The highest BCUT2D eigenvalue weighted by atomic mass is 35.5. The Kier molecular flexibility index (Phi) is 13.4. The lowest BCUT2D eigenvalue weighted by Crippen LogP contribution is -3.13. The molecule has 0 aromatic rings. The Balaban J connectivity index is 0.00000324. The number of unbranched alkanes of at least 4 members (excludes halogenated alkanes) is 6. The molecule has 116 valence electrons. The first-order valence-corrected chi connectivity index (χ1v) is 8.70. The predicted octanol–water partition coefficient (Wildman–Crippen LogP) is 0.836. The zero-order chi connectivity index (χ0) is 13.1. The van der Waals surface area contributed by atoms with E-state index in [0.29, 0.717) is 0 Å². The molecule has 1 nitrogen and oxygen atoms in total. The van der Waals surface area contributed by atoms with Crippen LogP contribution >= 0.6 is 0 Å². The van der Waals surface area contributed by atoms with Crippen molar-refractivity contribution in [3.05, 3.63) is 0 Å². The zero-order valence-corrected chi connectivity index (χ0v) is 14.1. The number of hydrogen-bond acceptors (Lipinski definition) is 0. The number of quaternary nitrogens is 1. The molecule has 1 fully saturated rings. The summed E-state index contributed by atoms with van der Waals surface area (Å²) in [5.41, 5.74) is 0. The van der Waals surface area contributed by atoms with Crippen molar-refractivity contribution in [3.63, 3.8) is 0 Å². The number of nitrogens with one attached hydrogen (secondary N) is 1. The monoisotopic (exact) mass is 289 g/mol. The zero-order valence-electron chi connectivity index (χ0n) is 13.4. The maximum absolute atomic E-state index is 2.33. The van der Waals surface area contributed by atoms with Crippen LogP contribution in [-0.2, 0) is 0 Å². The quantitative estimate of drug-likeness (QED) is 0.569. The largest absolute Gasteiger partial charge is 1.00 e. The van der Waals surface area contributed by atoms with Crippen LogP contribution in [0.15, 0.2) is 0 Å². The van der Waals surface area contributed by atoms with Gasteiger partial charge in [-0.15, -0.1) is 0 Å². The molecule has 1 aliphatic rings. The molecule has 0 bridgehead atoms. The van der Waals surface area contributed by atoms with Crippen LogP contribution in [0.5, 0.6) is 0 Å². The highest BCUT2D eigenvalue weighted by molar-refractivity contribution is 4.61. The van der Waals surface area contributed by atoms with Crippen LogP contribution in [0.3, 0.4) is 0 Å². The van der Waals surface area contributed by atoms with Crippen molar-refractivity contribution in [1.82, 2.24) is 0 Å². The third kappa shape index (κ3) is 9.73. The van der Waals surface area contributed by atoms with E-state index in [-0.39, 0.29) is 12.4 Å². The molecule has 0 saturated carbocycles. The summed E-state index contributed by atoms with van der Waals surface area (Å²) in [5.74, 6) is 1.06. The minimum absolute atomic E-state index is 0. The third-order valence-electron chi connectivity index (χ3n) is 4.64. The smallest absolute Gasteiger partial charge is 0.0773 e. The molecule has 0 radical (unpaired) electrons. The van der Waals surface area contributed by atoms with Gasteiger partial charge in [-0.1, -0.05) is 58.8 Å². The standard InChI is InChI=1S/C17H35N.ClH/c1-3-5-6-7-8-9-10-14-18-15-12-17(11-4-2)13-16-18;/h17H,3-16H2,1-2H3;1H. The normalized spacial score (nSPS) is 23.1. The van der Waals surface area contributed by atoms with Crippen molar-refractivity contribution in [2.75, 3.05) is 19.6 Å². The van der Waals surface area contributed by atoms with Crippen LogP contribution < -0.4 is 17.3 Å². The maximum atomic E-state index is 2.33. The fraction of sp³-hybridized carbons (Fsp3) is 1.00. The molecule has 0 spiro atoms. The van der Waals surface area contributed by atoms with Gasteiger partial charge >= 0.3 is 0 Å². The summed E-state index contributed by atoms with van der Waals surface area (Å²) >= 11 is 0. The Morgan fingerprint density at radius 2 is 1.37 bits per heavy atom. The summed E-state index contributed by atoms with van der Waals surface area (Å²) in [6.45, 7) is 9.00. The number of hydrogen-bond donors (Lipinski definition) is 1.